The molecule has 3 atom stereocenters. The molecule has 5 nitrogen and oxygen atoms in total. The van der Waals surface area contributed by atoms with Gasteiger partial charge >= 0.3 is 0 Å². The number of nitrogens with one attached hydrogen (secondary N) is 3. The van der Waals surface area contributed by atoms with Crippen LogP contribution in [-0.2, 0) is 9.59 Å². The predicted octanol–water partition coefficient (Wildman–Crippen LogP) is 0.158. The number of carbonyl (C=O) groups is 2. The molecule has 1 heterocycles. The fourth-order valence-electron chi connectivity index (χ4n) is 2.32. The Morgan fingerprint density at radius 2 is 2.00 bits per heavy atom. The number of hydrogen-bond donors (Lipinski definition) is 3. The van der Waals surface area contributed by atoms with Crippen molar-refractivity contribution in [3.8, 4) is 0 Å². The molecular formula is C13H23N3O2. The van der Waals surface area contributed by atoms with E-state index in [0.717, 1.165) is 32.2 Å². The summed E-state index contributed by atoms with van der Waals surface area (Å²) in [5.41, 5.74) is 0. The average Bonchev–Trinajstić information content (AvgIpc) is 3.12. The van der Waals surface area contributed by atoms with Crippen LogP contribution in [0.5, 0.6) is 0 Å². The standard InChI is InChI=1S/C13H23N3O2/c1-8-7-10(5-6-14-8)13(18)15-9(2)12(17)16-11-3-4-11/h8-11,14H,3-7H2,1-2H3,(H,15,18)(H,16,17). The maximum atomic E-state index is 12.0. The highest BCUT2D eigenvalue weighted by atomic mass is 16.2. The normalized spacial score (nSPS) is 29.4. The zero-order valence-electron chi connectivity index (χ0n) is 11.2. The molecular weight excluding hydrogens is 230 g/mol. The molecule has 2 rings (SSSR count). The maximum absolute atomic E-state index is 12.0. The van der Waals surface area contributed by atoms with Crippen LogP contribution in [0.2, 0.25) is 0 Å². The van der Waals surface area contributed by atoms with Crippen LogP contribution in [0.15, 0.2) is 0 Å². The third-order valence-electron chi connectivity index (χ3n) is 3.67. The van der Waals surface area contributed by atoms with Crippen LogP contribution >= 0.6 is 0 Å². The zero-order valence-corrected chi connectivity index (χ0v) is 11.2. The topological polar surface area (TPSA) is 70.2 Å². The summed E-state index contributed by atoms with van der Waals surface area (Å²) in [4.78, 5) is 23.8. The minimum atomic E-state index is -0.428. The van der Waals surface area contributed by atoms with Gasteiger partial charge in [0.05, 0.1) is 0 Å². The molecule has 1 aliphatic carbocycles. The minimum absolute atomic E-state index is 0.0156. The van der Waals surface area contributed by atoms with Gasteiger partial charge in [0.2, 0.25) is 11.8 Å². The molecule has 5 heteroatoms. The lowest BCUT2D eigenvalue weighted by atomic mass is 9.92. The van der Waals surface area contributed by atoms with Gasteiger partial charge in [0.25, 0.3) is 0 Å². The Balaban J connectivity index is 1.76. The van der Waals surface area contributed by atoms with Gasteiger partial charge in [0, 0.05) is 18.0 Å². The molecule has 2 aliphatic rings. The third-order valence-corrected chi connectivity index (χ3v) is 3.67. The van der Waals surface area contributed by atoms with Gasteiger partial charge in [0.1, 0.15) is 6.04 Å². The predicted molar refractivity (Wildman–Crippen MR) is 69.0 cm³/mol. The van der Waals surface area contributed by atoms with Gasteiger partial charge < -0.3 is 16.0 Å². The summed E-state index contributed by atoms with van der Waals surface area (Å²) >= 11 is 0. The molecule has 1 aliphatic heterocycles. The SMILES string of the molecule is CC1CC(C(=O)NC(C)C(=O)NC2CC2)CCN1. The molecule has 1 saturated heterocycles. The quantitative estimate of drug-likeness (QED) is 0.668. The fourth-order valence-corrected chi connectivity index (χ4v) is 2.32. The van der Waals surface area contributed by atoms with E-state index in [-0.39, 0.29) is 17.7 Å². The molecule has 0 radical (unpaired) electrons. The summed E-state index contributed by atoms with van der Waals surface area (Å²) in [6.07, 6.45) is 3.84. The van der Waals surface area contributed by atoms with Gasteiger partial charge in [-0.25, -0.2) is 0 Å². The van der Waals surface area contributed by atoms with Crippen LogP contribution in [-0.4, -0.2) is 36.5 Å². The van der Waals surface area contributed by atoms with Crippen molar-refractivity contribution in [2.45, 2.75) is 57.7 Å². The third kappa shape index (κ3) is 3.70. The van der Waals surface area contributed by atoms with Crippen LogP contribution in [0.4, 0.5) is 0 Å². The molecule has 0 aromatic heterocycles. The van der Waals surface area contributed by atoms with Crippen LogP contribution in [0.25, 0.3) is 0 Å². The Kier molecular flexibility index (Phi) is 4.22. The fraction of sp³-hybridized carbons (Fsp3) is 0.846. The lowest BCUT2D eigenvalue weighted by Gasteiger charge is -2.28. The van der Waals surface area contributed by atoms with Gasteiger partial charge in [-0.1, -0.05) is 0 Å². The second-order valence-electron chi connectivity index (χ2n) is 5.59. The van der Waals surface area contributed by atoms with Gasteiger partial charge in [-0.15, -0.1) is 0 Å². The van der Waals surface area contributed by atoms with Crippen molar-refractivity contribution in [1.29, 1.82) is 0 Å². The largest absolute Gasteiger partial charge is 0.352 e. The first kappa shape index (κ1) is 13.3. The summed E-state index contributed by atoms with van der Waals surface area (Å²) in [6, 6.07) is 0.296. The minimum Gasteiger partial charge on any atom is -0.352 e. The van der Waals surface area contributed by atoms with Crippen molar-refractivity contribution >= 4 is 11.8 Å². The Bertz CT molecular complexity index is 328. The van der Waals surface area contributed by atoms with E-state index in [1.807, 2.05) is 0 Å². The molecule has 0 bridgehead atoms. The molecule has 18 heavy (non-hydrogen) atoms. The van der Waals surface area contributed by atoms with Crippen molar-refractivity contribution in [2.75, 3.05) is 6.54 Å². The van der Waals surface area contributed by atoms with Crippen molar-refractivity contribution < 1.29 is 9.59 Å². The van der Waals surface area contributed by atoms with E-state index in [1.54, 1.807) is 6.92 Å². The maximum Gasteiger partial charge on any atom is 0.242 e. The number of amides is 2. The van der Waals surface area contributed by atoms with E-state index in [1.165, 1.54) is 0 Å². The van der Waals surface area contributed by atoms with Crippen molar-refractivity contribution in [2.24, 2.45) is 5.92 Å². The van der Waals surface area contributed by atoms with Crippen LogP contribution in [0.1, 0.15) is 39.5 Å². The van der Waals surface area contributed by atoms with Gasteiger partial charge in [-0.05, 0) is 46.1 Å². The molecule has 0 spiro atoms. The molecule has 2 fully saturated rings. The van der Waals surface area contributed by atoms with Crippen molar-refractivity contribution in [1.82, 2.24) is 16.0 Å². The van der Waals surface area contributed by atoms with E-state index in [0.29, 0.717) is 12.1 Å². The average molecular weight is 253 g/mol. The van der Waals surface area contributed by atoms with Gasteiger partial charge in [-0.2, -0.15) is 0 Å². The van der Waals surface area contributed by atoms with E-state index in [4.69, 9.17) is 0 Å². The van der Waals surface area contributed by atoms with Gasteiger partial charge in [-0.3, -0.25) is 9.59 Å². The van der Waals surface area contributed by atoms with E-state index < -0.39 is 6.04 Å². The second kappa shape index (κ2) is 5.69. The summed E-state index contributed by atoms with van der Waals surface area (Å²) in [6.45, 7) is 4.71. The highest BCUT2D eigenvalue weighted by molar-refractivity contribution is 5.88. The number of carbonyl (C=O) groups excluding carboxylic acids is 2. The first-order valence-electron chi connectivity index (χ1n) is 6.90. The molecule has 0 aromatic carbocycles. The molecule has 3 unspecified atom stereocenters. The highest BCUT2D eigenvalue weighted by Gasteiger charge is 2.29. The summed E-state index contributed by atoms with van der Waals surface area (Å²) in [5, 5.41) is 9.05. The summed E-state index contributed by atoms with van der Waals surface area (Å²) in [7, 11) is 0. The van der Waals surface area contributed by atoms with E-state index >= 15 is 0 Å². The lowest BCUT2D eigenvalue weighted by molar-refractivity contribution is -0.131. The summed E-state index contributed by atoms with van der Waals surface area (Å²) in [5.74, 6) is -0.00736. The second-order valence-corrected chi connectivity index (χ2v) is 5.59. The van der Waals surface area contributed by atoms with Gasteiger partial charge in [0.15, 0.2) is 0 Å². The molecule has 3 N–H and O–H groups in total. The Morgan fingerprint density at radius 3 is 2.61 bits per heavy atom. The Morgan fingerprint density at radius 1 is 1.28 bits per heavy atom. The van der Waals surface area contributed by atoms with Crippen molar-refractivity contribution in [3.63, 3.8) is 0 Å². The molecule has 102 valence electrons. The van der Waals surface area contributed by atoms with Crippen LogP contribution in [0, 0.1) is 5.92 Å². The molecule has 0 aromatic rings. The van der Waals surface area contributed by atoms with Crippen molar-refractivity contribution in [3.05, 3.63) is 0 Å². The summed E-state index contributed by atoms with van der Waals surface area (Å²) < 4.78 is 0. The number of rotatable bonds is 4. The Hall–Kier alpha value is -1.10. The smallest absolute Gasteiger partial charge is 0.242 e. The first-order chi connectivity index (χ1) is 8.56. The number of hydrogen-bond acceptors (Lipinski definition) is 3. The first-order valence-corrected chi connectivity index (χ1v) is 6.90. The molecule has 2 amide bonds. The van der Waals surface area contributed by atoms with E-state index in [2.05, 4.69) is 22.9 Å². The monoisotopic (exact) mass is 253 g/mol. The number of piperidine rings is 1. The van der Waals surface area contributed by atoms with E-state index in [9.17, 15) is 9.59 Å². The molecule has 1 saturated carbocycles. The Labute approximate surface area is 108 Å². The lowest BCUT2D eigenvalue weighted by Crippen LogP contribution is -2.49. The zero-order chi connectivity index (χ0) is 13.1. The van der Waals surface area contributed by atoms with Crippen LogP contribution < -0.4 is 16.0 Å². The highest BCUT2D eigenvalue weighted by Crippen LogP contribution is 2.19. The van der Waals surface area contributed by atoms with Crippen LogP contribution in [0.3, 0.4) is 0 Å².